The maximum absolute atomic E-state index is 13.8. The Hall–Kier alpha value is -4.78. The van der Waals surface area contributed by atoms with Crippen molar-refractivity contribution in [3.8, 4) is 11.1 Å². The van der Waals surface area contributed by atoms with Gasteiger partial charge < -0.3 is 25.8 Å². The molecule has 0 saturated carbocycles. The van der Waals surface area contributed by atoms with E-state index in [4.69, 9.17) is 5.73 Å². The SMILES string of the molecule is C.COC(=O)CCCCS(=O)(CCCCC(=O)OC)=NC(=O)c1cnc(N)c(-c2ccc(NC(=O)Nc3cccc(C)c3)cc2)c1. The lowest BCUT2D eigenvalue weighted by Gasteiger charge is -2.11. The van der Waals surface area contributed by atoms with Crippen molar-refractivity contribution in [2.24, 2.45) is 4.36 Å². The highest BCUT2D eigenvalue weighted by Gasteiger charge is 2.17. The Kier molecular flexibility index (Phi) is 14.8. The number of nitrogens with two attached hydrogens (primary N) is 1. The fourth-order valence-corrected chi connectivity index (χ4v) is 6.47. The predicted octanol–water partition coefficient (Wildman–Crippen LogP) is 6.21. The van der Waals surface area contributed by atoms with E-state index in [-0.39, 0.29) is 55.1 Å². The first kappa shape index (κ1) is 37.4. The van der Waals surface area contributed by atoms with Crippen LogP contribution in [0.4, 0.5) is 22.0 Å². The summed E-state index contributed by atoms with van der Waals surface area (Å²) in [6.45, 7) is 1.93. The number of hydrogen-bond donors (Lipinski definition) is 3. The van der Waals surface area contributed by atoms with Crippen LogP contribution in [-0.4, -0.2) is 58.8 Å². The summed E-state index contributed by atoms with van der Waals surface area (Å²) in [4.78, 5) is 52.8. The average molecular weight is 654 g/mol. The summed E-state index contributed by atoms with van der Waals surface area (Å²) in [5.74, 6) is -1.06. The Labute approximate surface area is 270 Å². The number of amides is 3. The van der Waals surface area contributed by atoms with Crippen LogP contribution in [0.2, 0.25) is 0 Å². The van der Waals surface area contributed by atoms with Crippen LogP contribution >= 0.6 is 0 Å². The average Bonchev–Trinajstić information content (AvgIpc) is 3.01. The summed E-state index contributed by atoms with van der Waals surface area (Å²) in [7, 11) is -0.412. The lowest BCUT2D eigenvalue weighted by molar-refractivity contribution is -0.141. The van der Waals surface area contributed by atoms with E-state index < -0.39 is 21.7 Å². The summed E-state index contributed by atoms with van der Waals surface area (Å²) < 4.78 is 27.2. The Morgan fingerprint density at radius 2 is 1.43 bits per heavy atom. The molecular weight excluding hydrogens is 610 g/mol. The van der Waals surface area contributed by atoms with Crippen molar-refractivity contribution in [3.05, 3.63) is 71.9 Å². The molecule has 0 aliphatic carbocycles. The molecule has 0 aliphatic rings. The number of aryl methyl sites for hydroxylation is 1. The number of aromatic nitrogens is 1. The zero-order valence-corrected chi connectivity index (χ0v) is 26.5. The minimum Gasteiger partial charge on any atom is -0.469 e. The van der Waals surface area contributed by atoms with E-state index in [1.807, 2.05) is 25.1 Å². The van der Waals surface area contributed by atoms with Crippen LogP contribution < -0.4 is 16.4 Å². The zero-order chi connectivity index (χ0) is 32.8. The maximum Gasteiger partial charge on any atom is 0.323 e. The second-order valence-electron chi connectivity index (χ2n) is 10.3. The molecule has 0 unspecified atom stereocenters. The van der Waals surface area contributed by atoms with Gasteiger partial charge in [0.05, 0.1) is 29.5 Å². The van der Waals surface area contributed by atoms with E-state index >= 15 is 0 Å². The quantitative estimate of drug-likeness (QED) is 0.135. The Bertz CT molecular complexity index is 1600. The number of benzene rings is 2. The van der Waals surface area contributed by atoms with Gasteiger partial charge in [-0.2, -0.15) is 4.36 Å². The number of unbranched alkanes of at least 4 members (excludes halogenated alkanes) is 2. The second kappa shape index (κ2) is 18.3. The van der Waals surface area contributed by atoms with E-state index in [1.165, 1.54) is 26.5 Å². The Morgan fingerprint density at radius 3 is 2.00 bits per heavy atom. The molecular formula is C33H43N5O7S. The van der Waals surface area contributed by atoms with Crippen molar-refractivity contribution in [3.63, 3.8) is 0 Å². The number of ether oxygens (including phenoxy) is 2. The van der Waals surface area contributed by atoms with Crippen LogP contribution in [0.5, 0.6) is 0 Å². The molecule has 0 spiro atoms. The van der Waals surface area contributed by atoms with Gasteiger partial charge in [0.15, 0.2) is 0 Å². The van der Waals surface area contributed by atoms with Crippen molar-refractivity contribution < 1.29 is 32.9 Å². The molecule has 1 heterocycles. The molecule has 3 aromatic rings. The van der Waals surface area contributed by atoms with Gasteiger partial charge in [-0.25, -0.2) is 14.0 Å². The lowest BCUT2D eigenvalue weighted by Crippen LogP contribution is -2.19. The monoisotopic (exact) mass is 653 g/mol. The van der Waals surface area contributed by atoms with Gasteiger partial charge in [-0.15, -0.1) is 0 Å². The first-order valence-electron chi connectivity index (χ1n) is 14.4. The lowest BCUT2D eigenvalue weighted by atomic mass is 10.0. The molecule has 4 N–H and O–H groups in total. The molecule has 0 bridgehead atoms. The van der Waals surface area contributed by atoms with E-state index in [9.17, 15) is 23.4 Å². The van der Waals surface area contributed by atoms with Gasteiger partial charge in [0.1, 0.15) is 5.82 Å². The van der Waals surface area contributed by atoms with Gasteiger partial charge >= 0.3 is 18.0 Å². The summed E-state index contributed by atoms with van der Waals surface area (Å²) in [6, 6.07) is 15.4. The first-order valence-corrected chi connectivity index (χ1v) is 16.3. The highest BCUT2D eigenvalue weighted by atomic mass is 32.2. The molecule has 3 rings (SSSR count). The number of urea groups is 1. The van der Waals surface area contributed by atoms with E-state index in [1.54, 1.807) is 30.3 Å². The summed E-state index contributed by atoms with van der Waals surface area (Å²) in [5.41, 5.74) is 9.58. The zero-order valence-electron chi connectivity index (χ0n) is 25.7. The fraction of sp³-hybridized carbons (Fsp3) is 0.364. The van der Waals surface area contributed by atoms with Gasteiger partial charge in [0, 0.05) is 47.5 Å². The van der Waals surface area contributed by atoms with Gasteiger partial charge in [-0.05, 0) is 74.1 Å². The molecule has 248 valence electrons. The fourth-order valence-electron chi connectivity index (χ4n) is 4.37. The van der Waals surface area contributed by atoms with E-state index in [0.717, 1.165) is 5.56 Å². The minimum absolute atomic E-state index is 0. The number of pyridine rings is 1. The molecule has 0 atom stereocenters. The molecule has 1 aromatic heterocycles. The number of carbonyl (C=O) groups is 4. The first-order chi connectivity index (χ1) is 21.5. The third kappa shape index (κ3) is 12.0. The summed E-state index contributed by atoms with van der Waals surface area (Å²) >= 11 is 0. The largest absolute Gasteiger partial charge is 0.469 e. The number of nitrogens with one attached hydrogen (secondary N) is 2. The van der Waals surface area contributed by atoms with Crippen LogP contribution in [0.3, 0.4) is 0 Å². The van der Waals surface area contributed by atoms with Crippen LogP contribution in [-0.2, 0) is 28.8 Å². The van der Waals surface area contributed by atoms with Gasteiger partial charge in [0.2, 0.25) is 0 Å². The number of anilines is 3. The van der Waals surface area contributed by atoms with Crippen LogP contribution in [0.1, 0.15) is 61.9 Å². The maximum atomic E-state index is 13.8. The smallest absolute Gasteiger partial charge is 0.323 e. The van der Waals surface area contributed by atoms with Crippen molar-refractivity contribution >= 4 is 50.8 Å². The van der Waals surface area contributed by atoms with E-state index in [2.05, 4.69) is 29.5 Å². The van der Waals surface area contributed by atoms with Crippen LogP contribution in [0, 0.1) is 6.92 Å². The van der Waals surface area contributed by atoms with Gasteiger partial charge in [-0.1, -0.05) is 31.7 Å². The number of esters is 2. The summed E-state index contributed by atoms with van der Waals surface area (Å²) in [5, 5.41) is 5.55. The third-order valence-corrected chi connectivity index (χ3v) is 9.14. The number of nitrogens with zero attached hydrogens (tertiary/aromatic N) is 2. The number of rotatable bonds is 14. The molecule has 0 aliphatic heterocycles. The molecule has 3 amide bonds. The molecule has 2 aromatic carbocycles. The Balaban J connectivity index is 0.00000736. The number of methoxy groups -OCH3 is 2. The van der Waals surface area contributed by atoms with Crippen molar-refractivity contribution in [2.75, 3.05) is 42.1 Å². The molecule has 0 saturated heterocycles. The highest BCUT2D eigenvalue weighted by molar-refractivity contribution is 7.93. The predicted molar refractivity (Wildman–Crippen MR) is 181 cm³/mol. The second-order valence-corrected chi connectivity index (χ2v) is 12.9. The van der Waals surface area contributed by atoms with Crippen molar-refractivity contribution in [1.29, 1.82) is 0 Å². The molecule has 12 nitrogen and oxygen atoms in total. The molecule has 0 fully saturated rings. The Morgan fingerprint density at radius 1 is 0.848 bits per heavy atom. The van der Waals surface area contributed by atoms with Gasteiger partial charge in [0.25, 0.3) is 5.91 Å². The standard InChI is InChI=1S/C32H39N5O7S.CH4/c1-22-9-8-10-26(19-22)36-32(41)35-25-15-13-23(14-16-25)27-20-24(21-34-30(27)33)31(40)37-45(42,17-6-4-11-28(38)43-2)18-7-5-12-29(39)44-3;/h8-10,13-16,19-21H,4-7,11-12,17-18H2,1-3H3,(H2,33,34)(H2,35,36,41);1H4. The molecule has 46 heavy (non-hydrogen) atoms. The van der Waals surface area contributed by atoms with Crippen LogP contribution in [0.25, 0.3) is 11.1 Å². The van der Waals surface area contributed by atoms with Crippen molar-refractivity contribution in [2.45, 2.75) is 52.9 Å². The number of nitrogen functional groups attached to an aromatic ring is 1. The van der Waals surface area contributed by atoms with E-state index in [0.29, 0.717) is 48.2 Å². The third-order valence-electron chi connectivity index (χ3n) is 6.79. The molecule has 13 heteroatoms. The van der Waals surface area contributed by atoms with Crippen molar-refractivity contribution in [1.82, 2.24) is 4.98 Å². The van der Waals surface area contributed by atoms with Crippen LogP contribution in [0.15, 0.2) is 65.2 Å². The number of hydrogen-bond acceptors (Lipinski definition) is 9. The van der Waals surface area contributed by atoms with Gasteiger partial charge in [-0.3, -0.25) is 14.4 Å². The topological polar surface area (TPSA) is 179 Å². The minimum atomic E-state index is -3.01. The summed E-state index contributed by atoms with van der Waals surface area (Å²) in [6.07, 6.45) is 3.28. The highest BCUT2D eigenvalue weighted by Crippen LogP contribution is 2.27. The normalized spacial score (nSPS) is 10.7. The molecule has 0 radical (unpaired) electrons. The number of carbonyl (C=O) groups excluding carboxylic acids is 4.